The van der Waals surface area contributed by atoms with Crippen LogP contribution in [0.5, 0.6) is 0 Å². The molecule has 3 aromatic rings. The Hall–Kier alpha value is -3.01. The van der Waals surface area contributed by atoms with Crippen molar-refractivity contribution in [3.8, 4) is 0 Å². The fourth-order valence-corrected chi connectivity index (χ4v) is 4.72. The Labute approximate surface area is 205 Å². The van der Waals surface area contributed by atoms with E-state index in [2.05, 4.69) is 80.0 Å². The molecule has 0 saturated carbocycles. The van der Waals surface area contributed by atoms with E-state index in [0.29, 0.717) is 0 Å². The lowest BCUT2D eigenvalue weighted by Crippen LogP contribution is -2.05. The van der Waals surface area contributed by atoms with Gasteiger partial charge in [-0.3, -0.25) is 4.99 Å². The van der Waals surface area contributed by atoms with Gasteiger partial charge in [0.2, 0.25) is 0 Å². The Balaban J connectivity index is 2.08. The third-order valence-electron chi connectivity index (χ3n) is 8.05. The van der Waals surface area contributed by atoms with Gasteiger partial charge in [-0.05, 0) is 139 Å². The summed E-state index contributed by atoms with van der Waals surface area (Å²) in [6.45, 7) is 25.9. The van der Waals surface area contributed by atoms with E-state index in [-0.39, 0.29) is 0 Å². The van der Waals surface area contributed by atoms with E-state index in [4.69, 9.17) is 15.0 Å². The number of aliphatic imine (C=N–C) groups is 2. The molecule has 0 aliphatic rings. The van der Waals surface area contributed by atoms with Crippen LogP contribution in [0.1, 0.15) is 81.0 Å². The molecular formula is C30H40N4. The van der Waals surface area contributed by atoms with Crippen LogP contribution in [0.25, 0.3) is 0 Å². The van der Waals surface area contributed by atoms with Crippen LogP contribution in [0, 0.1) is 69.2 Å². The zero-order valence-electron chi connectivity index (χ0n) is 23.4. The number of nitrogens with zero attached hydrogens (tertiary/aromatic N) is 4. The van der Waals surface area contributed by atoms with Gasteiger partial charge >= 0.3 is 0 Å². The Morgan fingerprint density at radius 2 is 0.882 bits per heavy atom. The van der Waals surface area contributed by atoms with Gasteiger partial charge in [0.15, 0.2) is 5.82 Å². The average Bonchev–Trinajstić information content (AvgIpc) is 3.21. The van der Waals surface area contributed by atoms with Crippen LogP contribution in [0.4, 0.5) is 11.4 Å². The minimum absolute atomic E-state index is 0.865. The molecule has 0 radical (unpaired) electrons. The highest BCUT2D eigenvalue weighted by molar-refractivity contribution is 6.02. The van der Waals surface area contributed by atoms with E-state index in [1.54, 1.807) is 0 Å². The highest BCUT2D eigenvalue weighted by Crippen LogP contribution is 2.34. The first kappa shape index (κ1) is 25.6. The zero-order chi connectivity index (χ0) is 25.6. The summed E-state index contributed by atoms with van der Waals surface area (Å²) in [5.74, 6) is 0.865. The number of aromatic nitrogens is 2. The molecule has 0 unspecified atom stereocenters. The van der Waals surface area contributed by atoms with Gasteiger partial charge in [0.25, 0.3) is 0 Å². The van der Waals surface area contributed by atoms with Gasteiger partial charge in [-0.25, -0.2) is 9.98 Å². The number of hydrogen-bond donors (Lipinski definition) is 0. The number of aryl methyl sites for hydroxylation is 1. The summed E-state index contributed by atoms with van der Waals surface area (Å²) >= 11 is 0. The van der Waals surface area contributed by atoms with E-state index in [1.807, 2.05) is 20.9 Å². The summed E-state index contributed by atoms with van der Waals surface area (Å²) < 4.78 is 2.05. The molecule has 1 aromatic heterocycles. The number of benzene rings is 2. The lowest BCUT2D eigenvalue weighted by Gasteiger charge is -2.16. The highest BCUT2D eigenvalue weighted by Gasteiger charge is 2.16. The number of rotatable bonds is 4. The molecule has 0 spiro atoms. The molecule has 4 heteroatoms. The van der Waals surface area contributed by atoms with E-state index in [9.17, 15) is 0 Å². The van der Waals surface area contributed by atoms with Crippen molar-refractivity contribution in [2.24, 2.45) is 17.0 Å². The van der Waals surface area contributed by atoms with Gasteiger partial charge in [-0.15, -0.1) is 0 Å². The molecule has 4 nitrogen and oxygen atoms in total. The van der Waals surface area contributed by atoms with Gasteiger partial charge in [0.1, 0.15) is 5.69 Å². The maximum absolute atomic E-state index is 5.06. The van der Waals surface area contributed by atoms with Crippen molar-refractivity contribution in [3.05, 3.63) is 73.3 Å². The Morgan fingerprint density at radius 1 is 0.559 bits per heavy atom. The van der Waals surface area contributed by atoms with Crippen LogP contribution in [-0.2, 0) is 7.05 Å². The van der Waals surface area contributed by atoms with Crippen LogP contribution in [-0.4, -0.2) is 21.0 Å². The van der Waals surface area contributed by atoms with E-state index in [0.717, 1.165) is 34.3 Å². The first-order chi connectivity index (χ1) is 15.8. The molecule has 1 heterocycles. The lowest BCUT2D eigenvalue weighted by atomic mass is 9.93. The summed E-state index contributed by atoms with van der Waals surface area (Å²) in [4.78, 5) is 15.1. The number of hydrogen-bond acceptors (Lipinski definition) is 3. The van der Waals surface area contributed by atoms with Crippen molar-refractivity contribution in [2.45, 2.75) is 83.1 Å². The van der Waals surface area contributed by atoms with Crippen LogP contribution >= 0.6 is 0 Å². The quantitative estimate of drug-likeness (QED) is 0.369. The summed E-state index contributed by atoms with van der Waals surface area (Å²) in [7, 11) is 2.03. The van der Waals surface area contributed by atoms with E-state index in [1.165, 1.54) is 55.6 Å². The molecule has 180 valence electrons. The topological polar surface area (TPSA) is 42.5 Å². The molecule has 3 rings (SSSR count). The van der Waals surface area contributed by atoms with Crippen molar-refractivity contribution in [1.29, 1.82) is 0 Å². The number of imidazole rings is 1. The minimum Gasteiger partial charge on any atom is -0.332 e. The van der Waals surface area contributed by atoms with Crippen molar-refractivity contribution >= 4 is 22.8 Å². The van der Waals surface area contributed by atoms with Gasteiger partial charge in [-0.1, -0.05) is 0 Å². The lowest BCUT2D eigenvalue weighted by molar-refractivity contribution is 0.896. The normalized spacial score (nSPS) is 12.6. The highest BCUT2D eigenvalue weighted by atomic mass is 15.1. The van der Waals surface area contributed by atoms with Crippen LogP contribution in [0.2, 0.25) is 0 Å². The molecule has 34 heavy (non-hydrogen) atoms. The third-order valence-corrected chi connectivity index (χ3v) is 8.05. The standard InChI is InChI=1S/C30H40N4/c1-15-17(3)21(7)28(22(8)18(15)4)31-25(11)27-14-34(13)30(33-27)26(12)32-29-23(9)19(5)16(2)20(6)24(29)10/h14H,1-13H3. The van der Waals surface area contributed by atoms with Gasteiger partial charge in [0, 0.05) is 13.2 Å². The summed E-state index contributed by atoms with van der Waals surface area (Å²) in [5, 5.41) is 0. The fraction of sp³-hybridized carbons (Fsp3) is 0.433. The Kier molecular flexibility index (Phi) is 7.02. The molecule has 0 aliphatic carbocycles. The fourth-order valence-electron chi connectivity index (χ4n) is 4.72. The van der Waals surface area contributed by atoms with E-state index < -0.39 is 0 Å². The molecule has 2 aromatic carbocycles. The first-order valence-electron chi connectivity index (χ1n) is 12.1. The maximum Gasteiger partial charge on any atom is 0.154 e. The van der Waals surface area contributed by atoms with Gasteiger partial charge < -0.3 is 4.57 Å². The van der Waals surface area contributed by atoms with Crippen molar-refractivity contribution in [3.63, 3.8) is 0 Å². The molecule has 0 fully saturated rings. The van der Waals surface area contributed by atoms with Crippen molar-refractivity contribution < 1.29 is 0 Å². The van der Waals surface area contributed by atoms with E-state index >= 15 is 0 Å². The molecule has 0 N–H and O–H groups in total. The second kappa shape index (κ2) is 9.32. The molecule has 0 bridgehead atoms. The molecule has 0 aliphatic heterocycles. The minimum atomic E-state index is 0.865. The summed E-state index contributed by atoms with van der Waals surface area (Å²) in [6.07, 6.45) is 2.05. The zero-order valence-corrected chi connectivity index (χ0v) is 23.4. The smallest absolute Gasteiger partial charge is 0.154 e. The van der Waals surface area contributed by atoms with Crippen LogP contribution in [0.3, 0.4) is 0 Å². The van der Waals surface area contributed by atoms with Gasteiger partial charge in [0.05, 0.1) is 22.8 Å². The molecular weight excluding hydrogens is 416 g/mol. The molecule has 0 atom stereocenters. The van der Waals surface area contributed by atoms with Crippen molar-refractivity contribution in [1.82, 2.24) is 9.55 Å². The SMILES string of the molecule is CC(=Nc1c(C)c(C)c(C)c(C)c1C)c1cn(C)c(C(C)=Nc2c(C)c(C)c(C)c(C)c2C)n1. The second-order valence-corrected chi connectivity index (χ2v) is 9.90. The van der Waals surface area contributed by atoms with Crippen LogP contribution in [0.15, 0.2) is 16.2 Å². The third kappa shape index (κ3) is 4.26. The largest absolute Gasteiger partial charge is 0.332 e. The predicted molar refractivity (Wildman–Crippen MR) is 147 cm³/mol. The predicted octanol–water partition coefficient (Wildman–Crippen LogP) is 7.79. The Bertz CT molecular complexity index is 1310. The Morgan fingerprint density at radius 3 is 1.26 bits per heavy atom. The molecule has 0 saturated heterocycles. The summed E-state index contributed by atoms with van der Waals surface area (Å²) in [5.41, 5.74) is 17.7. The van der Waals surface area contributed by atoms with Crippen molar-refractivity contribution in [2.75, 3.05) is 0 Å². The second-order valence-electron chi connectivity index (χ2n) is 9.90. The summed E-state index contributed by atoms with van der Waals surface area (Å²) in [6, 6.07) is 0. The van der Waals surface area contributed by atoms with Gasteiger partial charge in [-0.2, -0.15) is 0 Å². The average molecular weight is 457 g/mol. The maximum atomic E-state index is 5.06. The monoisotopic (exact) mass is 456 g/mol. The van der Waals surface area contributed by atoms with Crippen LogP contribution < -0.4 is 0 Å². The first-order valence-corrected chi connectivity index (χ1v) is 12.1. The molecule has 0 amide bonds.